The molecule has 0 radical (unpaired) electrons. The fourth-order valence-electron chi connectivity index (χ4n) is 2.65. The van der Waals surface area contributed by atoms with E-state index in [0.29, 0.717) is 29.8 Å². The predicted octanol–water partition coefficient (Wildman–Crippen LogP) is 1.15. The molecule has 7 heteroatoms. The Balaban J connectivity index is 2.19. The molecule has 0 aliphatic carbocycles. The Morgan fingerprint density at radius 3 is 2.75 bits per heavy atom. The molecule has 2 aromatic rings. The molecule has 7 nitrogen and oxygen atoms in total. The summed E-state index contributed by atoms with van der Waals surface area (Å²) in [7, 11) is 0. The van der Waals surface area contributed by atoms with Gasteiger partial charge in [0.15, 0.2) is 17.0 Å². The largest absolute Gasteiger partial charge is 0.382 e. The Labute approximate surface area is 117 Å². The van der Waals surface area contributed by atoms with Crippen molar-refractivity contribution in [2.24, 2.45) is 5.92 Å². The van der Waals surface area contributed by atoms with E-state index in [4.69, 9.17) is 16.2 Å². The fraction of sp³-hybridized carbons (Fsp3) is 0.615. The van der Waals surface area contributed by atoms with Crippen LogP contribution in [0.15, 0.2) is 0 Å². The zero-order valence-corrected chi connectivity index (χ0v) is 11.8. The molecule has 108 valence electrons. The standard InChI is InChI=1S/C13H20N6O/c1-7(2)5-19-11(8-3-4-20-6-8)16-9-10(14)17-13(15)18-12(9)19/h7-8H,3-6H2,1-2H3,(H4,14,15,17,18). The van der Waals surface area contributed by atoms with Crippen molar-refractivity contribution in [1.82, 2.24) is 19.5 Å². The van der Waals surface area contributed by atoms with Gasteiger partial charge in [0, 0.05) is 19.1 Å². The Bertz CT molecular complexity index is 629. The first kappa shape index (κ1) is 13.1. The SMILES string of the molecule is CC(C)Cn1c(C2CCOC2)nc2c(N)nc(N)nc21. The molecule has 1 saturated heterocycles. The van der Waals surface area contributed by atoms with Crippen LogP contribution in [0.1, 0.15) is 32.0 Å². The lowest BCUT2D eigenvalue weighted by atomic mass is 10.1. The minimum absolute atomic E-state index is 0.189. The lowest BCUT2D eigenvalue weighted by Crippen LogP contribution is -2.13. The minimum atomic E-state index is 0.189. The lowest BCUT2D eigenvalue weighted by molar-refractivity contribution is 0.192. The molecule has 1 aliphatic rings. The fourth-order valence-corrected chi connectivity index (χ4v) is 2.65. The van der Waals surface area contributed by atoms with Crippen LogP contribution in [0.2, 0.25) is 0 Å². The maximum absolute atomic E-state index is 5.93. The first-order valence-corrected chi connectivity index (χ1v) is 6.93. The first-order valence-electron chi connectivity index (χ1n) is 6.93. The molecule has 0 saturated carbocycles. The summed E-state index contributed by atoms with van der Waals surface area (Å²) in [5.74, 6) is 2.29. The number of fused-ring (bicyclic) bond motifs is 1. The Morgan fingerprint density at radius 2 is 2.10 bits per heavy atom. The van der Waals surface area contributed by atoms with E-state index in [0.717, 1.165) is 31.0 Å². The number of nitrogens with two attached hydrogens (primary N) is 2. The van der Waals surface area contributed by atoms with Gasteiger partial charge in [0.2, 0.25) is 5.95 Å². The minimum Gasteiger partial charge on any atom is -0.382 e. The van der Waals surface area contributed by atoms with Crippen molar-refractivity contribution in [2.45, 2.75) is 32.7 Å². The van der Waals surface area contributed by atoms with E-state index >= 15 is 0 Å². The van der Waals surface area contributed by atoms with Crippen LogP contribution in [0, 0.1) is 5.92 Å². The Morgan fingerprint density at radius 1 is 1.30 bits per heavy atom. The maximum Gasteiger partial charge on any atom is 0.224 e. The third-order valence-electron chi connectivity index (χ3n) is 3.51. The monoisotopic (exact) mass is 276 g/mol. The van der Waals surface area contributed by atoms with Crippen LogP contribution in [0.5, 0.6) is 0 Å². The molecule has 0 aromatic carbocycles. The second kappa shape index (κ2) is 4.90. The molecule has 3 heterocycles. The van der Waals surface area contributed by atoms with E-state index in [1.165, 1.54) is 0 Å². The quantitative estimate of drug-likeness (QED) is 0.871. The molecule has 1 aliphatic heterocycles. The summed E-state index contributed by atoms with van der Waals surface area (Å²) < 4.78 is 7.59. The van der Waals surface area contributed by atoms with Gasteiger partial charge in [-0.1, -0.05) is 13.8 Å². The zero-order valence-electron chi connectivity index (χ0n) is 11.8. The molecule has 1 unspecified atom stereocenters. The second-order valence-corrected chi connectivity index (χ2v) is 5.67. The van der Waals surface area contributed by atoms with Crippen LogP contribution in [-0.2, 0) is 11.3 Å². The molecule has 1 atom stereocenters. The third-order valence-corrected chi connectivity index (χ3v) is 3.51. The van der Waals surface area contributed by atoms with Gasteiger partial charge >= 0.3 is 0 Å². The van der Waals surface area contributed by atoms with Crippen molar-refractivity contribution in [1.29, 1.82) is 0 Å². The molecule has 2 aromatic heterocycles. The molecule has 20 heavy (non-hydrogen) atoms. The number of nitrogens with zero attached hydrogens (tertiary/aromatic N) is 4. The van der Waals surface area contributed by atoms with Crippen molar-refractivity contribution >= 4 is 22.9 Å². The predicted molar refractivity (Wildman–Crippen MR) is 77.2 cm³/mol. The van der Waals surface area contributed by atoms with Crippen LogP contribution in [0.25, 0.3) is 11.2 Å². The summed E-state index contributed by atoms with van der Waals surface area (Å²) >= 11 is 0. The molecular weight excluding hydrogens is 256 g/mol. The lowest BCUT2D eigenvalue weighted by Gasteiger charge is -2.14. The molecule has 4 N–H and O–H groups in total. The average molecular weight is 276 g/mol. The van der Waals surface area contributed by atoms with Crippen LogP contribution >= 0.6 is 0 Å². The highest BCUT2D eigenvalue weighted by molar-refractivity contribution is 5.83. The van der Waals surface area contributed by atoms with Gasteiger partial charge in [-0.05, 0) is 12.3 Å². The number of ether oxygens (including phenoxy) is 1. The van der Waals surface area contributed by atoms with Crippen LogP contribution in [0.4, 0.5) is 11.8 Å². The van der Waals surface area contributed by atoms with E-state index in [1.807, 2.05) is 0 Å². The summed E-state index contributed by atoms with van der Waals surface area (Å²) in [6.07, 6.45) is 0.976. The highest BCUT2D eigenvalue weighted by Gasteiger charge is 2.26. The Hall–Kier alpha value is -1.89. The summed E-state index contributed by atoms with van der Waals surface area (Å²) in [6.45, 7) is 6.63. The molecule has 0 amide bonds. The number of anilines is 2. The molecule has 0 spiro atoms. The first-order chi connectivity index (χ1) is 9.56. The third kappa shape index (κ3) is 2.18. The number of hydrogen-bond donors (Lipinski definition) is 2. The van der Waals surface area contributed by atoms with Crippen molar-refractivity contribution in [2.75, 3.05) is 24.7 Å². The molecule has 3 rings (SSSR count). The summed E-state index contributed by atoms with van der Waals surface area (Å²) in [6, 6.07) is 0. The maximum atomic E-state index is 5.93. The number of rotatable bonds is 3. The molecule has 0 bridgehead atoms. The van der Waals surface area contributed by atoms with Gasteiger partial charge in [-0.15, -0.1) is 0 Å². The summed E-state index contributed by atoms with van der Waals surface area (Å²) in [4.78, 5) is 13.0. The average Bonchev–Trinajstić information content (AvgIpc) is 2.97. The van der Waals surface area contributed by atoms with E-state index in [1.54, 1.807) is 0 Å². The van der Waals surface area contributed by atoms with Crippen molar-refractivity contribution in [3.63, 3.8) is 0 Å². The van der Waals surface area contributed by atoms with Gasteiger partial charge in [-0.2, -0.15) is 9.97 Å². The van der Waals surface area contributed by atoms with Gasteiger partial charge in [0.05, 0.1) is 6.61 Å². The highest BCUT2D eigenvalue weighted by atomic mass is 16.5. The van der Waals surface area contributed by atoms with Gasteiger partial charge in [-0.3, -0.25) is 0 Å². The number of imidazole rings is 1. The van der Waals surface area contributed by atoms with Gasteiger partial charge in [-0.25, -0.2) is 4.98 Å². The number of aromatic nitrogens is 4. The topological polar surface area (TPSA) is 105 Å². The van der Waals surface area contributed by atoms with Crippen LogP contribution in [-0.4, -0.2) is 32.7 Å². The van der Waals surface area contributed by atoms with Crippen LogP contribution < -0.4 is 11.5 Å². The van der Waals surface area contributed by atoms with Gasteiger partial charge < -0.3 is 20.8 Å². The molecule has 1 fully saturated rings. The van der Waals surface area contributed by atoms with E-state index in [-0.39, 0.29) is 5.95 Å². The zero-order chi connectivity index (χ0) is 14.3. The van der Waals surface area contributed by atoms with E-state index in [2.05, 4.69) is 33.4 Å². The van der Waals surface area contributed by atoms with Crippen LogP contribution in [0.3, 0.4) is 0 Å². The van der Waals surface area contributed by atoms with Crippen molar-refractivity contribution in [3.05, 3.63) is 5.82 Å². The van der Waals surface area contributed by atoms with Crippen molar-refractivity contribution in [3.8, 4) is 0 Å². The summed E-state index contributed by atoms with van der Waals surface area (Å²) in [5.41, 5.74) is 13.0. The van der Waals surface area contributed by atoms with E-state index < -0.39 is 0 Å². The normalized spacial score (nSPS) is 19.2. The van der Waals surface area contributed by atoms with E-state index in [9.17, 15) is 0 Å². The highest BCUT2D eigenvalue weighted by Crippen LogP contribution is 2.29. The molecular formula is C13H20N6O. The van der Waals surface area contributed by atoms with Crippen molar-refractivity contribution < 1.29 is 4.74 Å². The number of hydrogen-bond acceptors (Lipinski definition) is 6. The number of nitrogen functional groups attached to an aromatic ring is 2. The van der Waals surface area contributed by atoms with Gasteiger partial charge in [0.25, 0.3) is 0 Å². The smallest absolute Gasteiger partial charge is 0.224 e. The second-order valence-electron chi connectivity index (χ2n) is 5.67. The Kier molecular flexibility index (Phi) is 3.21. The summed E-state index contributed by atoms with van der Waals surface area (Å²) in [5, 5.41) is 0. The van der Waals surface area contributed by atoms with Gasteiger partial charge in [0.1, 0.15) is 5.82 Å².